The molecule has 1 aliphatic carbocycles. The predicted molar refractivity (Wildman–Crippen MR) is 138 cm³/mol. The van der Waals surface area contributed by atoms with Gasteiger partial charge in [-0.15, -0.1) is 0 Å². The third kappa shape index (κ3) is 7.52. The number of rotatable bonds is 9. The Balaban J connectivity index is 1.69. The quantitative estimate of drug-likeness (QED) is 0.171. The second-order valence-electron chi connectivity index (χ2n) is 10.00. The van der Waals surface area contributed by atoms with Crippen molar-refractivity contribution >= 4 is 35.5 Å². The molecule has 1 heterocycles. The zero-order valence-corrected chi connectivity index (χ0v) is 22.7. The molecule has 0 radical (unpaired) electrons. The number of fused-ring (bicyclic) bond motifs is 1. The summed E-state index contributed by atoms with van der Waals surface area (Å²) in [6, 6.07) is 5.66. The van der Waals surface area contributed by atoms with E-state index in [0.29, 0.717) is 9.99 Å². The van der Waals surface area contributed by atoms with Gasteiger partial charge in [0.25, 0.3) is 0 Å². The van der Waals surface area contributed by atoms with Crippen LogP contribution in [0.2, 0.25) is 0 Å². The van der Waals surface area contributed by atoms with E-state index in [-0.39, 0.29) is 30.5 Å². The molecule has 1 aromatic carbocycles. The number of nitriles is 1. The SMILES string of the molecule is CCCCC1CCC(C(=O)Oc2ccc(C)c3c2S/C(=C(\C#N)C(=O)OCCC(C)(C)O)S3)CC1. The standard InChI is InChI=1S/C27H35NO5S2/c1-5-6-7-18-9-11-19(12-10-18)24(29)33-21-13-8-17(2)22-23(21)35-26(34-22)20(16-28)25(30)32-15-14-27(3,4)31/h8,13,18-19,31H,5-7,9-12,14-15H2,1-4H3/b26-20+. The maximum atomic E-state index is 13.0. The van der Waals surface area contributed by atoms with Crippen molar-refractivity contribution in [2.75, 3.05) is 6.61 Å². The van der Waals surface area contributed by atoms with Crippen LogP contribution in [-0.4, -0.2) is 29.3 Å². The number of ether oxygens (including phenoxy) is 2. The number of unbranched alkanes of at least 4 members (excludes halogenated alkanes) is 1. The van der Waals surface area contributed by atoms with Gasteiger partial charge in [-0.1, -0.05) is 55.8 Å². The molecule has 0 saturated heterocycles. The highest BCUT2D eigenvalue weighted by Gasteiger charge is 2.32. The minimum atomic E-state index is -0.960. The highest BCUT2D eigenvalue weighted by molar-refractivity contribution is 8.24. The number of aliphatic hydroxyl groups is 1. The normalized spacial score (nSPS) is 21.1. The van der Waals surface area contributed by atoms with Crippen LogP contribution < -0.4 is 4.74 Å². The molecule has 1 aromatic rings. The van der Waals surface area contributed by atoms with Crippen LogP contribution in [0.5, 0.6) is 5.75 Å². The minimum Gasteiger partial charge on any atom is -0.461 e. The highest BCUT2D eigenvalue weighted by Crippen LogP contribution is 2.57. The molecule has 0 bridgehead atoms. The lowest BCUT2D eigenvalue weighted by Gasteiger charge is -2.27. The molecule has 190 valence electrons. The summed E-state index contributed by atoms with van der Waals surface area (Å²) in [7, 11) is 0. The van der Waals surface area contributed by atoms with Crippen LogP contribution in [0.15, 0.2) is 31.7 Å². The molecular weight excluding hydrogens is 482 g/mol. The van der Waals surface area contributed by atoms with Crippen molar-refractivity contribution in [1.29, 1.82) is 5.26 Å². The van der Waals surface area contributed by atoms with E-state index in [4.69, 9.17) is 9.47 Å². The molecule has 0 aromatic heterocycles. The van der Waals surface area contributed by atoms with Gasteiger partial charge in [-0.3, -0.25) is 4.79 Å². The molecule has 0 amide bonds. The topological polar surface area (TPSA) is 96.6 Å². The molecule has 35 heavy (non-hydrogen) atoms. The first-order chi connectivity index (χ1) is 16.6. The van der Waals surface area contributed by atoms with E-state index in [1.165, 1.54) is 42.8 Å². The van der Waals surface area contributed by atoms with Crippen LogP contribution in [0, 0.1) is 30.1 Å². The van der Waals surface area contributed by atoms with Gasteiger partial charge in [0.15, 0.2) is 5.57 Å². The van der Waals surface area contributed by atoms with E-state index in [2.05, 4.69) is 6.92 Å². The van der Waals surface area contributed by atoms with Gasteiger partial charge < -0.3 is 14.6 Å². The monoisotopic (exact) mass is 517 g/mol. The summed E-state index contributed by atoms with van der Waals surface area (Å²) in [6.45, 7) is 7.44. The molecule has 0 spiro atoms. The first-order valence-electron chi connectivity index (χ1n) is 12.4. The second kappa shape index (κ2) is 12.3. The van der Waals surface area contributed by atoms with E-state index in [9.17, 15) is 20.0 Å². The summed E-state index contributed by atoms with van der Waals surface area (Å²) in [6.07, 6.45) is 7.85. The molecule has 0 unspecified atom stereocenters. The van der Waals surface area contributed by atoms with Crippen molar-refractivity contribution < 1.29 is 24.2 Å². The zero-order chi connectivity index (χ0) is 25.6. The number of benzene rings is 1. The molecule has 3 rings (SSSR count). The first kappa shape index (κ1) is 27.6. The Kier molecular flexibility index (Phi) is 9.74. The fraction of sp³-hybridized carbons (Fsp3) is 0.593. The maximum absolute atomic E-state index is 13.0. The minimum absolute atomic E-state index is 0.0195. The van der Waals surface area contributed by atoms with E-state index >= 15 is 0 Å². The lowest BCUT2D eigenvalue weighted by molar-refractivity contribution is -0.141. The summed E-state index contributed by atoms with van der Waals surface area (Å²) in [5, 5.41) is 19.5. The van der Waals surface area contributed by atoms with Gasteiger partial charge in [0.2, 0.25) is 0 Å². The predicted octanol–water partition coefficient (Wildman–Crippen LogP) is 6.53. The van der Waals surface area contributed by atoms with Gasteiger partial charge in [0, 0.05) is 11.3 Å². The fourth-order valence-corrected chi connectivity index (χ4v) is 6.90. The van der Waals surface area contributed by atoms with Crippen molar-refractivity contribution in [3.05, 3.63) is 27.5 Å². The summed E-state index contributed by atoms with van der Waals surface area (Å²) in [5.41, 5.74) is -0.0525. The molecule has 8 heteroatoms. The van der Waals surface area contributed by atoms with E-state index in [1.54, 1.807) is 19.9 Å². The van der Waals surface area contributed by atoms with Crippen molar-refractivity contribution in [3.8, 4) is 11.8 Å². The average Bonchev–Trinajstić information content (AvgIpc) is 3.25. The summed E-state index contributed by atoms with van der Waals surface area (Å²) in [4.78, 5) is 27.1. The summed E-state index contributed by atoms with van der Waals surface area (Å²) < 4.78 is 11.6. The Morgan fingerprint density at radius 1 is 1.17 bits per heavy atom. The zero-order valence-electron chi connectivity index (χ0n) is 21.0. The largest absolute Gasteiger partial charge is 0.461 e. The van der Waals surface area contributed by atoms with E-state index < -0.39 is 11.6 Å². The van der Waals surface area contributed by atoms with Gasteiger partial charge in [-0.05, 0) is 64.0 Å². The number of esters is 2. The van der Waals surface area contributed by atoms with Crippen LogP contribution >= 0.6 is 23.5 Å². The highest BCUT2D eigenvalue weighted by atomic mass is 32.2. The van der Waals surface area contributed by atoms with Gasteiger partial charge in [0.05, 0.1) is 27.3 Å². The first-order valence-corrected chi connectivity index (χ1v) is 14.0. The lowest BCUT2D eigenvalue weighted by atomic mass is 9.80. The second-order valence-corrected chi connectivity index (χ2v) is 12.3. The van der Waals surface area contributed by atoms with Gasteiger partial charge in [0.1, 0.15) is 11.8 Å². The average molecular weight is 518 g/mol. The lowest BCUT2D eigenvalue weighted by Crippen LogP contribution is -2.25. The third-order valence-electron chi connectivity index (χ3n) is 6.49. The third-order valence-corrected chi connectivity index (χ3v) is 9.23. The molecule has 1 saturated carbocycles. The van der Waals surface area contributed by atoms with Crippen molar-refractivity contribution in [2.45, 2.75) is 94.5 Å². The molecule has 0 atom stereocenters. The number of thioether (sulfide) groups is 2. The smallest absolute Gasteiger partial charge is 0.350 e. The van der Waals surface area contributed by atoms with E-state index in [0.717, 1.165) is 47.0 Å². The molecule has 2 aliphatic rings. The van der Waals surface area contributed by atoms with Gasteiger partial charge in [-0.2, -0.15) is 5.26 Å². The fourth-order valence-electron chi connectivity index (χ4n) is 4.27. The van der Waals surface area contributed by atoms with Gasteiger partial charge in [-0.25, -0.2) is 4.79 Å². The Hall–Kier alpha value is -1.95. The number of carbonyl (C=O) groups is 2. The Morgan fingerprint density at radius 2 is 1.86 bits per heavy atom. The molecule has 1 N–H and O–H groups in total. The van der Waals surface area contributed by atoms with Crippen LogP contribution in [0.4, 0.5) is 0 Å². The van der Waals surface area contributed by atoms with Crippen LogP contribution in [0.1, 0.15) is 77.7 Å². The van der Waals surface area contributed by atoms with Crippen LogP contribution in [0.3, 0.4) is 0 Å². The number of hydrogen-bond donors (Lipinski definition) is 1. The summed E-state index contributed by atoms with van der Waals surface area (Å²) >= 11 is 2.59. The number of carbonyl (C=O) groups excluding carboxylic acids is 2. The Bertz CT molecular complexity index is 1010. The van der Waals surface area contributed by atoms with Crippen LogP contribution in [0.25, 0.3) is 0 Å². The molecule has 6 nitrogen and oxygen atoms in total. The maximum Gasteiger partial charge on any atom is 0.350 e. The molecule has 1 aliphatic heterocycles. The van der Waals surface area contributed by atoms with Gasteiger partial charge >= 0.3 is 11.9 Å². The molecule has 1 fully saturated rings. The molecular formula is C27H35NO5S2. The Labute approximate surface area is 216 Å². The Morgan fingerprint density at radius 3 is 2.49 bits per heavy atom. The van der Waals surface area contributed by atoms with Crippen LogP contribution in [-0.2, 0) is 14.3 Å². The van der Waals surface area contributed by atoms with Crippen molar-refractivity contribution in [3.63, 3.8) is 0 Å². The van der Waals surface area contributed by atoms with Crippen molar-refractivity contribution in [1.82, 2.24) is 0 Å². The van der Waals surface area contributed by atoms with E-state index in [1.807, 2.05) is 19.1 Å². The number of hydrogen-bond acceptors (Lipinski definition) is 8. The summed E-state index contributed by atoms with van der Waals surface area (Å²) in [5.74, 6) is 0.202. The number of aryl methyl sites for hydroxylation is 1. The van der Waals surface area contributed by atoms with Crippen molar-refractivity contribution in [2.24, 2.45) is 11.8 Å². The number of nitrogens with zero attached hydrogens (tertiary/aromatic N) is 1.